The molecule has 0 bridgehead atoms. The van der Waals surface area contributed by atoms with Crippen LogP contribution in [0.5, 0.6) is 0 Å². The van der Waals surface area contributed by atoms with Gasteiger partial charge in [0.1, 0.15) is 17.3 Å². The van der Waals surface area contributed by atoms with Crippen molar-refractivity contribution in [1.82, 2.24) is 0 Å². The van der Waals surface area contributed by atoms with Crippen LogP contribution in [-0.2, 0) is 27.2 Å². The normalized spacial score (nSPS) is 15.9. The molecule has 0 aliphatic heterocycles. The summed E-state index contributed by atoms with van der Waals surface area (Å²) >= 11 is 0. The lowest BCUT2D eigenvalue weighted by atomic mass is 9.72. The molecule has 0 N–H and O–H groups in total. The summed E-state index contributed by atoms with van der Waals surface area (Å²) in [6, 6.07) is 4.30. The lowest BCUT2D eigenvalue weighted by molar-refractivity contribution is -0.130. The van der Waals surface area contributed by atoms with Gasteiger partial charge >= 0.3 is 0 Å². The van der Waals surface area contributed by atoms with Gasteiger partial charge < -0.3 is 4.79 Å². The molecule has 1 aromatic rings. The Morgan fingerprint density at radius 2 is 1.53 bits per heavy atom. The Kier molecular flexibility index (Phi) is 17.1. The van der Waals surface area contributed by atoms with Crippen LogP contribution in [0.2, 0.25) is 0 Å². The molecule has 1 aliphatic rings. The largest absolute Gasteiger partial charge is 0.300 e. The molecule has 4 nitrogen and oxygen atoms in total. The highest BCUT2D eigenvalue weighted by Gasteiger charge is 2.33. The Bertz CT molecular complexity index is 852. The predicted octanol–water partition coefficient (Wildman–Crippen LogP) is 8.09. The maximum atomic E-state index is 12.9. The van der Waals surface area contributed by atoms with Gasteiger partial charge in [-0.25, -0.2) is 0 Å². The molecule has 1 aliphatic carbocycles. The van der Waals surface area contributed by atoms with Gasteiger partial charge in [-0.1, -0.05) is 72.9 Å². The average molecular weight is 501 g/mol. The number of carbonyl (C=O) groups is 4. The van der Waals surface area contributed by atoms with E-state index in [-0.39, 0.29) is 41.4 Å². The molecule has 204 valence electrons. The van der Waals surface area contributed by atoms with Crippen LogP contribution in [0.4, 0.5) is 0 Å². The van der Waals surface area contributed by atoms with Crippen molar-refractivity contribution in [3.8, 4) is 0 Å². The first-order valence-corrected chi connectivity index (χ1v) is 14.2. The fourth-order valence-corrected chi connectivity index (χ4v) is 5.15. The highest BCUT2D eigenvalue weighted by atomic mass is 16.1. The monoisotopic (exact) mass is 500 g/mol. The highest BCUT2D eigenvalue weighted by Crippen LogP contribution is 2.37. The van der Waals surface area contributed by atoms with Crippen molar-refractivity contribution in [3.05, 3.63) is 34.4 Å². The molecule has 3 atom stereocenters. The van der Waals surface area contributed by atoms with Gasteiger partial charge in [0.05, 0.1) is 6.42 Å². The van der Waals surface area contributed by atoms with Crippen LogP contribution in [0, 0.1) is 24.7 Å². The fraction of sp³-hybridized carbons (Fsp3) is 0.688. The van der Waals surface area contributed by atoms with Crippen LogP contribution < -0.4 is 0 Å². The van der Waals surface area contributed by atoms with E-state index in [1.807, 2.05) is 13.8 Å². The van der Waals surface area contributed by atoms with Gasteiger partial charge in [0.2, 0.25) is 0 Å². The second kappa shape index (κ2) is 18.2. The summed E-state index contributed by atoms with van der Waals surface area (Å²) < 4.78 is 0. The molecule has 0 saturated carbocycles. The Morgan fingerprint density at radius 1 is 0.944 bits per heavy atom. The molecular formula is C32H52O4. The maximum Gasteiger partial charge on any atom is 0.163 e. The van der Waals surface area contributed by atoms with E-state index in [2.05, 4.69) is 46.8 Å². The van der Waals surface area contributed by atoms with E-state index in [4.69, 9.17) is 0 Å². The third-order valence-corrected chi connectivity index (χ3v) is 6.94. The van der Waals surface area contributed by atoms with E-state index in [1.165, 1.54) is 24.5 Å². The zero-order chi connectivity index (χ0) is 27.8. The third kappa shape index (κ3) is 11.3. The molecule has 0 aromatic heterocycles. The molecule has 0 spiro atoms. The molecule has 3 unspecified atom stereocenters. The summed E-state index contributed by atoms with van der Waals surface area (Å²) in [5.74, 6) is 1.04. The van der Waals surface area contributed by atoms with Gasteiger partial charge in [-0.3, -0.25) is 14.4 Å². The zero-order valence-electron chi connectivity index (χ0n) is 24.6. The number of aryl methyl sites for hydroxylation is 1. The molecule has 4 heteroatoms. The van der Waals surface area contributed by atoms with E-state index >= 15 is 0 Å². The number of ketones is 4. The Morgan fingerprint density at radius 3 is 1.97 bits per heavy atom. The summed E-state index contributed by atoms with van der Waals surface area (Å²) in [6.07, 6.45) is 8.08. The van der Waals surface area contributed by atoms with Gasteiger partial charge in [0.15, 0.2) is 5.78 Å². The average Bonchev–Trinajstić information content (AvgIpc) is 2.80. The summed E-state index contributed by atoms with van der Waals surface area (Å²) in [5.41, 5.74) is 4.53. The molecule has 2 rings (SSSR count). The van der Waals surface area contributed by atoms with Crippen LogP contribution in [0.15, 0.2) is 12.1 Å². The van der Waals surface area contributed by atoms with Gasteiger partial charge in [0, 0.05) is 24.3 Å². The van der Waals surface area contributed by atoms with Gasteiger partial charge in [-0.2, -0.15) is 0 Å². The topological polar surface area (TPSA) is 68.3 Å². The van der Waals surface area contributed by atoms with Crippen LogP contribution in [0.1, 0.15) is 134 Å². The van der Waals surface area contributed by atoms with Gasteiger partial charge in [-0.05, 0) is 75.0 Å². The van der Waals surface area contributed by atoms with Crippen molar-refractivity contribution in [2.75, 3.05) is 0 Å². The fourth-order valence-electron chi connectivity index (χ4n) is 5.15. The van der Waals surface area contributed by atoms with Gasteiger partial charge in [-0.15, -0.1) is 0 Å². The maximum absolute atomic E-state index is 12.9. The summed E-state index contributed by atoms with van der Waals surface area (Å²) in [7, 11) is 0. The van der Waals surface area contributed by atoms with Crippen molar-refractivity contribution >= 4 is 23.1 Å². The third-order valence-electron chi connectivity index (χ3n) is 6.94. The Labute approximate surface area is 221 Å². The predicted molar refractivity (Wildman–Crippen MR) is 151 cm³/mol. The molecule has 36 heavy (non-hydrogen) atoms. The van der Waals surface area contributed by atoms with Crippen LogP contribution in [-0.4, -0.2) is 23.1 Å². The van der Waals surface area contributed by atoms with Crippen LogP contribution in [0.25, 0.3) is 0 Å². The minimum absolute atomic E-state index is 0.0458. The number of Topliss-reactive ketones (excluding diaryl/α,β-unsaturated/α-hetero) is 4. The zero-order valence-corrected chi connectivity index (χ0v) is 24.6. The highest BCUT2D eigenvalue weighted by molar-refractivity contribution is 6.00. The first-order valence-electron chi connectivity index (χ1n) is 14.2. The minimum atomic E-state index is -0.0652. The van der Waals surface area contributed by atoms with E-state index in [9.17, 15) is 19.2 Å². The van der Waals surface area contributed by atoms with Crippen molar-refractivity contribution in [2.45, 2.75) is 127 Å². The number of hydrogen-bond acceptors (Lipinski definition) is 4. The second-order valence-corrected chi connectivity index (χ2v) is 10.3. The number of hydrogen-bond donors (Lipinski definition) is 0. The molecule has 1 aromatic carbocycles. The molecule has 0 saturated heterocycles. The summed E-state index contributed by atoms with van der Waals surface area (Å²) in [5, 5.41) is 0. The summed E-state index contributed by atoms with van der Waals surface area (Å²) in [4.78, 5) is 46.8. The molecular weight excluding hydrogens is 448 g/mol. The number of fused-ring (bicyclic) bond motifs is 1. The van der Waals surface area contributed by atoms with Crippen molar-refractivity contribution in [3.63, 3.8) is 0 Å². The SMILES string of the molecule is CCC.CCC(C)=O.CCCC(CC1CC(=O)c2c(ccc(CC)c2C)C1)C(CC)C(=O)CC(C)=O. The molecule has 0 amide bonds. The molecule has 0 fully saturated rings. The van der Waals surface area contributed by atoms with E-state index in [0.717, 1.165) is 49.7 Å². The minimum Gasteiger partial charge on any atom is -0.300 e. The number of carbonyl (C=O) groups excluding carboxylic acids is 4. The van der Waals surface area contributed by atoms with Crippen LogP contribution in [0.3, 0.4) is 0 Å². The number of rotatable bonds is 11. The second-order valence-electron chi connectivity index (χ2n) is 10.3. The van der Waals surface area contributed by atoms with Crippen molar-refractivity contribution in [1.29, 1.82) is 0 Å². The Hall–Kier alpha value is -2.10. The first-order chi connectivity index (χ1) is 17.0. The van der Waals surface area contributed by atoms with Crippen molar-refractivity contribution in [2.24, 2.45) is 17.8 Å². The van der Waals surface area contributed by atoms with Crippen molar-refractivity contribution < 1.29 is 19.2 Å². The number of benzene rings is 1. The lowest BCUT2D eigenvalue weighted by Crippen LogP contribution is -2.30. The standard InChI is InChI=1S/C25H36O3.C4H8O.C3H8/c1-6-9-20(22(8-3)23(27)12-16(4)26)13-18-14-21-11-10-19(7-2)17(5)25(21)24(28)15-18;1-3-4(2)5;1-3-2/h10-11,18,20,22H,6-9,12-15H2,1-5H3;3H2,1-2H3;3H2,1-2H3. The molecule has 0 heterocycles. The smallest absolute Gasteiger partial charge is 0.163 e. The van der Waals surface area contributed by atoms with E-state index < -0.39 is 0 Å². The van der Waals surface area contributed by atoms with Gasteiger partial charge in [0.25, 0.3) is 0 Å². The van der Waals surface area contributed by atoms with E-state index in [0.29, 0.717) is 18.8 Å². The Balaban J connectivity index is 0.00000134. The summed E-state index contributed by atoms with van der Waals surface area (Å²) in [6.45, 7) is 17.6. The lowest BCUT2D eigenvalue weighted by Gasteiger charge is -2.32. The quantitative estimate of drug-likeness (QED) is 0.288. The first kappa shape index (κ1) is 33.9. The van der Waals surface area contributed by atoms with Crippen LogP contribution >= 0.6 is 0 Å². The van der Waals surface area contributed by atoms with E-state index in [1.54, 1.807) is 6.92 Å². The molecule has 0 radical (unpaired) electrons.